The molecule has 2 atom stereocenters. The van der Waals surface area contributed by atoms with E-state index in [4.69, 9.17) is 28.6 Å². The number of likely N-dealkylation sites (tertiary alicyclic amines) is 1. The highest BCUT2D eigenvalue weighted by Gasteiger charge is 2.34. The smallest absolute Gasteiger partial charge is 0.263 e. The Morgan fingerprint density at radius 3 is 2.78 bits per heavy atom. The maximum Gasteiger partial charge on any atom is 0.263 e. The third-order valence-electron chi connectivity index (χ3n) is 5.22. The van der Waals surface area contributed by atoms with Gasteiger partial charge in [0.15, 0.2) is 10.9 Å². The fraction of sp³-hybridized carbons (Fsp3) is 0.526. The van der Waals surface area contributed by atoms with Crippen molar-refractivity contribution in [3.8, 4) is 5.75 Å². The number of carbonyl (C=O) groups is 1. The predicted molar refractivity (Wildman–Crippen MR) is 106 cm³/mol. The second-order valence-corrected chi connectivity index (χ2v) is 8.15. The molecule has 1 aromatic heterocycles. The van der Waals surface area contributed by atoms with Gasteiger partial charge in [0.05, 0.1) is 0 Å². The minimum Gasteiger partial charge on any atom is -0.481 e. The normalized spacial score (nSPS) is 21.1. The van der Waals surface area contributed by atoms with Gasteiger partial charge in [0, 0.05) is 30.1 Å². The van der Waals surface area contributed by atoms with Gasteiger partial charge in [-0.15, -0.1) is 0 Å². The van der Waals surface area contributed by atoms with Gasteiger partial charge in [-0.2, -0.15) is 5.10 Å². The first-order valence-corrected chi connectivity index (χ1v) is 10.2. The van der Waals surface area contributed by atoms with Crippen LogP contribution in [0.1, 0.15) is 50.4 Å². The number of piperidine rings is 1. The van der Waals surface area contributed by atoms with Gasteiger partial charge < -0.3 is 14.2 Å². The monoisotopic (exact) mass is 406 g/mol. The van der Waals surface area contributed by atoms with E-state index in [9.17, 15) is 4.79 Å². The fourth-order valence-electron chi connectivity index (χ4n) is 3.70. The topological polar surface area (TPSA) is 63.1 Å². The molecular weight excluding hydrogens is 384 g/mol. The Balaban J connectivity index is 1.44. The Morgan fingerprint density at radius 2 is 2.07 bits per heavy atom. The van der Waals surface area contributed by atoms with E-state index in [1.165, 1.54) is 0 Å². The van der Waals surface area contributed by atoms with Crippen molar-refractivity contribution in [2.75, 3.05) is 13.1 Å². The molecule has 1 saturated heterocycles. The van der Waals surface area contributed by atoms with Crippen molar-refractivity contribution in [3.05, 3.63) is 39.9 Å². The number of benzene rings is 1. The van der Waals surface area contributed by atoms with Crippen molar-refractivity contribution < 1.29 is 9.53 Å². The molecule has 2 unspecified atom stereocenters. The average Bonchev–Trinajstić information content (AvgIpc) is 3.44. The predicted octanol–water partition coefficient (Wildman–Crippen LogP) is 4.10. The number of aromatic nitrogens is 3. The maximum absolute atomic E-state index is 12.9. The van der Waals surface area contributed by atoms with E-state index in [-0.39, 0.29) is 11.8 Å². The van der Waals surface area contributed by atoms with Gasteiger partial charge in [-0.25, -0.2) is 0 Å². The Hall–Kier alpha value is -1.86. The highest BCUT2D eigenvalue weighted by molar-refractivity contribution is 7.71. The largest absolute Gasteiger partial charge is 0.481 e. The standard InChI is InChI=1S/C19H23ClN4O2S/c1-12(26-16-8-4-14(20)5-9-16)18(25)23-10-2-3-13(11-23)17-21-22-19(27)24(17)15-6-7-15/h4-5,8-9,12-13,15H,2-3,6-7,10-11H2,1H3,(H,22,27). The highest BCUT2D eigenvalue weighted by Crippen LogP contribution is 2.38. The zero-order valence-corrected chi connectivity index (χ0v) is 16.8. The number of ether oxygens (including phenoxy) is 1. The lowest BCUT2D eigenvalue weighted by Gasteiger charge is -2.34. The zero-order valence-electron chi connectivity index (χ0n) is 15.2. The van der Waals surface area contributed by atoms with Crippen molar-refractivity contribution in [1.82, 2.24) is 19.7 Å². The zero-order chi connectivity index (χ0) is 19.0. The molecule has 0 radical (unpaired) electrons. The van der Waals surface area contributed by atoms with E-state index in [1.54, 1.807) is 31.2 Å². The van der Waals surface area contributed by atoms with Crippen LogP contribution in [-0.2, 0) is 4.79 Å². The number of rotatable bonds is 5. The lowest BCUT2D eigenvalue weighted by Crippen LogP contribution is -2.45. The molecule has 2 heterocycles. The van der Waals surface area contributed by atoms with Crippen LogP contribution >= 0.6 is 23.8 Å². The third kappa shape index (κ3) is 4.04. The van der Waals surface area contributed by atoms with Crippen LogP contribution in [0.2, 0.25) is 5.02 Å². The van der Waals surface area contributed by atoms with Gasteiger partial charge in [0.25, 0.3) is 5.91 Å². The number of carbonyl (C=O) groups excluding carboxylic acids is 1. The van der Waals surface area contributed by atoms with Crippen LogP contribution in [0.25, 0.3) is 0 Å². The van der Waals surface area contributed by atoms with E-state index in [1.807, 2.05) is 4.90 Å². The molecule has 1 aliphatic carbocycles. The van der Waals surface area contributed by atoms with Gasteiger partial charge >= 0.3 is 0 Å². The summed E-state index contributed by atoms with van der Waals surface area (Å²) in [7, 11) is 0. The maximum atomic E-state index is 12.9. The van der Waals surface area contributed by atoms with Gasteiger partial charge in [-0.3, -0.25) is 9.89 Å². The van der Waals surface area contributed by atoms with E-state index < -0.39 is 6.10 Å². The molecule has 2 aromatic rings. The van der Waals surface area contributed by atoms with Gasteiger partial charge in [0.1, 0.15) is 11.6 Å². The molecule has 1 saturated carbocycles. The highest BCUT2D eigenvalue weighted by atomic mass is 35.5. The van der Waals surface area contributed by atoms with Crippen LogP contribution in [0.5, 0.6) is 5.75 Å². The van der Waals surface area contributed by atoms with Crippen LogP contribution in [-0.4, -0.2) is 44.8 Å². The summed E-state index contributed by atoms with van der Waals surface area (Å²) in [4.78, 5) is 14.8. The van der Waals surface area contributed by atoms with Crippen LogP contribution in [0.3, 0.4) is 0 Å². The number of amides is 1. The average molecular weight is 407 g/mol. The van der Waals surface area contributed by atoms with Crippen molar-refractivity contribution in [3.63, 3.8) is 0 Å². The Morgan fingerprint density at radius 1 is 1.33 bits per heavy atom. The molecule has 2 fully saturated rings. The van der Waals surface area contributed by atoms with Crippen LogP contribution < -0.4 is 4.74 Å². The molecule has 6 nitrogen and oxygen atoms in total. The molecule has 1 aromatic carbocycles. The van der Waals surface area contributed by atoms with Crippen molar-refractivity contribution >= 4 is 29.7 Å². The number of hydrogen-bond donors (Lipinski definition) is 1. The minimum atomic E-state index is -0.547. The summed E-state index contributed by atoms with van der Waals surface area (Å²) in [6.45, 7) is 3.19. The Bertz CT molecular complexity index is 875. The molecule has 8 heteroatoms. The second-order valence-electron chi connectivity index (χ2n) is 7.33. The summed E-state index contributed by atoms with van der Waals surface area (Å²) >= 11 is 11.3. The lowest BCUT2D eigenvalue weighted by atomic mass is 9.96. The summed E-state index contributed by atoms with van der Waals surface area (Å²) in [5.41, 5.74) is 0. The Labute approximate surface area is 168 Å². The second kappa shape index (κ2) is 7.64. The number of hydrogen-bond acceptors (Lipinski definition) is 4. The van der Waals surface area contributed by atoms with Crippen molar-refractivity contribution in [2.45, 2.75) is 50.7 Å². The Kier molecular flexibility index (Phi) is 5.23. The first kappa shape index (κ1) is 18.5. The SMILES string of the molecule is CC(Oc1ccc(Cl)cc1)C(=O)N1CCCC(c2n[nH]c(=S)n2C2CC2)C1. The summed E-state index contributed by atoms with van der Waals surface area (Å²) in [5.74, 6) is 1.84. The lowest BCUT2D eigenvalue weighted by molar-refractivity contribution is -0.139. The molecule has 0 bridgehead atoms. The van der Waals surface area contributed by atoms with Gasteiger partial charge in [0.2, 0.25) is 0 Å². The molecule has 2 aliphatic rings. The first-order chi connectivity index (χ1) is 13.0. The molecule has 1 N–H and O–H groups in total. The fourth-order valence-corrected chi connectivity index (χ4v) is 4.12. The van der Waals surface area contributed by atoms with E-state index >= 15 is 0 Å². The summed E-state index contributed by atoms with van der Waals surface area (Å²) in [5, 5.41) is 8.06. The van der Waals surface area contributed by atoms with Gasteiger partial charge in [-0.05, 0) is 69.1 Å². The molecule has 4 rings (SSSR count). The van der Waals surface area contributed by atoms with Crippen LogP contribution in [0.15, 0.2) is 24.3 Å². The first-order valence-electron chi connectivity index (χ1n) is 9.40. The third-order valence-corrected chi connectivity index (χ3v) is 5.76. The number of aromatic amines is 1. The van der Waals surface area contributed by atoms with Gasteiger partial charge in [-0.1, -0.05) is 11.6 Å². The summed E-state index contributed by atoms with van der Waals surface area (Å²) in [6, 6.07) is 7.54. The van der Waals surface area contributed by atoms with Crippen LogP contribution in [0.4, 0.5) is 0 Å². The molecule has 1 aliphatic heterocycles. The van der Waals surface area contributed by atoms with E-state index in [2.05, 4.69) is 14.8 Å². The number of H-pyrrole nitrogens is 1. The summed E-state index contributed by atoms with van der Waals surface area (Å²) < 4.78 is 8.65. The van der Waals surface area contributed by atoms with Crippen molar-refractivity contribution in [2.24, 2.45) is 0 Å². The number of nitrogens with zero attached hydrogens (tertiary/aromatic N) is 3. The number of halogens is 1. The van der Waals surface area contributed by atoms with Crippen molar-refractivity contribution in [1.29, 1.82) is 0 Å². The minimum absolute atomic E-state index is 0.00162. The molecular formula is C19H23ClN4O2S. The van der Waals surface area contributed by atoms with Crippen LogP contribution in [0, 0.1) is 4.77 Å². The molecule has 1 amide bonds. The molecule has 27 heavy (non-hydrogen) atoms. The quantitative estimate of drug-likeness (QED) is 0.759. The van der Waals surface area contributed by atoms with E-state index in [0.717, 1.165) is 38.1 Å². The molecule has 0 spiro atoms. The molecule has 144 valence electrons. The van der Waals surface area contributed by atoms with E-state index in [0.29, 0.717) is 28.1 Å². The number of nitrogens with one attached hydrogen (secondary N) is 1. The summed E-state index contributed by atoms with van der Waals surface area (Å²) in [6.07, 6.45) is 3.73.